The normalized spacial score (nSPS) is 14.1. The molecule has 3 aromatic carbocycles. The molecule has 0 spiro atoms. The van der Waals surface area contributed by atoms with Gasteiger partial charge in [0.05, 0.1) is 5.69 Å². The van der Waals surface area contributed by atoms with Crippen LogP contribution in [0.1, 0.15) is 49.8 Å². The van der Waals surface area contributed by atoms with Gasteiger partial charge in [-0.1, -0.05) is 92.4 Å². The van der Waals surface area contributed by atoms with Gasteiger partial charge in [-0.2, -0.15) is 0 Å². The van der Waals surface area contributed by atoms with Crippen molar-refractivity contribution in [3.63, 3.8) is 0 Å². The van der Waals surface area contributed by atoms with Crippen molar-refractivity contribution < 1.29 is 4.79 Å². The van der Waals surface area contributed by atoms with Gasteiger partial charge in [-0.15, -0.1) is 11.3 Å². The maximum absolute atomic E-state index is 13.3. The molecule has 0 bridgehead atoms. The molecular formula is C32H33N3OS. The molecule has 2 aromatic heterocycles. The topological polar surface area (TPSA) is 37.6 Å². The summed E-state index contributed by atoms with van der Waals surface area (Å²) in [5, 5.41) is 4.66. The van der Waals surface area contributed by atoms with Crippen molar-refractivity contribution in [3.8, 4) is 11.3 Å². The molecule has 37 heavy (non-hydrogen) atoms. The molecule has 188 valence electrons. The van der Waals surface area contributed by atoms with Crippen LogP contribution in [-0.4, -0.2) is 26.7 Å². The Bertz CT molecular complexity index is 1500. The highest BCUT2D eigenvalue weighted by Crippen LogP contribution is 2.29. The SMILES string of the molecule is O=C(CCC1CCCC1)N(CCc1csc2nc(-c3ccc4ccccc4c3)cn12)Cc1ccccc1. The van der Waals surface area contributed by atoms with E-state index in [1.165, 1.54) is 47.7 Å². The highest BCUT2D eigenvalue weighted by molar-refractivity contribution is 7.15. The van der Waals surface area contributed by atoms with Gasteiger partial charge < -0.3 is 4.90 Å². The van der Waals surface area contributed by atoms with E-state index in [9.17, 15) is 4.79 Å². The second-order valence-electron chi connectivity index (χ2n) is 10.3. The molecule has 0 atom stereocenters. The fraction of sp³-hybridized carbons (Fsp3) is 0.312. The molecule has 0 N–H and O–H groups in total. The van der Waals surface area contributed by atoms with Crippen molar-refractivity contribution in [1.82, 2.24) is 14.3 Å². The summed E-state index contributed by atoms with van der Waals surface area (Å²) in [5.41, 5.74) is 4.52. The Kier molecular flexibility index (Phi) is 7.05. The van der Waals surface area contributed by atoms with Gasteiger partial charge in [-0.3, -0.25) is 9.20 Å². The number of fused-ring (bicyclic) bond motifs is 2. The molecule has 1 fully saturated rings. The lowest BCUT2D eigenvalue weighted by molar-refractivity contribution is -0.132. The van der Waals surface area contributed by atoms with Crippen molar-refractivity contribution >= 4 is 33.0 Å². The summed E-state index contributed by atoms with van der Waals surface area (Å²) in [6.07, 6.45) is 9.89. The van der Waals surface area contributed by atoms with Crippen LogP contribution in [0.3, 0.4) is 0 Å². The van der Waals surface area contributed by atoms with Gasteiger partial charge >= 0.3 is 0 Å². The molecule has 5 heteroatoms. The molecule has 6 rings (SSSR count). The maximum atomic E-state index is 13.3. The Morgan fingerprint density at radius 3 is 2.59 bits per heavy atom. The molecule has 0 saturated heterocycles. The van der Waals surface area contributed by atoms with Crippen LogP contribution >= 0.6 is 11.3 Å². The summed E-state index contributed by atoms with van der Waals surface area (Å²) in [5.74, 6) is 1.02. The quantitative estimate of drug-likeness (QED) is 0.204. The van der Waals surface area contributed by atoms with Crippen LogP contribution in [0.15, 0.2) is 84.4 Å². The first-order valence-electron chi connectivity index (χ1n) is 13.5. The van der Waals surface area contributed by atoms with Crippen LogP contribution in [0, 0.1) is 5.92 Å². The Balaban J connectivity index is 1.18. The second kappa shape index (κ2) is 10.9. The van der Waals surface area contributed by atoms with Crippen molar-refractivity contribution in [2.75, 3.05) is 6.54 Å². The third-order valence-corrected chi connectivity index (χ3v) is 8.67. The number of nitrogens with zero attached hydrogens (tertiary/aromatic N) is 3. The van der Waals surface area contributed by atoms with E-state index in [4.69, 9.17) is 4.98 Å². The number of rotatable bonds is 9. The molecule has 0 aliphatic heterocycles. The minimum Gasteiger partial charge on any atom is -0.338 e. The lowest BCUT2D eigenvalue weighted by atomic mass is 10.0. The van der Waals surface area contributed by atoms with E-state index in [2.05, 4.69) is 87.6 Å². The van der Waals surface area contributed by atoms with Gasteiger partial charge in [0.2, 0.25) is 5.91 Å². The zero-order chi connectivity index (χ0) is 25.0. The van der Waals surface area contributed by atoms with Crippen LogP contribution in [-0.2, 0) is 17.8 Å². The second-order valence-corrected chi connectivity index (χ2v) is 11.1. The predicted octanol–water partition coefficient (Wildman–Crippen LogP) is 7.76. The lowest BCUT2D eigenvalue weighted by Gasteiger charge is -2.23. The van der Waals surface area contributed by atoms with E-state index in [1.807, 2.05) is 6.07 Å². The number of amides is 1. The Hall–Kier alpha value is -3.44. The highest BCUT2D eigenvalue weighted by Gasteiger charge is 2.20. The number of hydrogen-bond acceptors (Lipinski definition) is 3. The van der Waals surface area contributed by atoms with Gasteiger partial charge in [0, 0.05) is 48.8 Å². The van der Waals surface area contributed by atoms with E-state index < -0.39 is 0 Å². The van der Waals surface area contributed by atoms with Crippen molar-refractivity contribution in [2.24, 2.45) is 5.92 Å². The molecule has 1 aliphatic carbocycles. The van der Waals surface area contributed by atoms with Crippen LogP contribution in [0.2, 0.25) is 0 Å². The third-order valence-electron chi connectivity index (χ3n) is 7.78. The van der Waals surface area contributed by atoms with Crippen molar-refractivity contribution in [1.29, 1.82) is 0 Å². The van der Waals surface area contributed by atoms with Crippen LogP contribution < -0.4 is 0 Å². The smallest absolute Gasteiger partial charge is 0.222 e. The number of aromatic nitrogens is 2. The molecule has 1 amide bonds. The number of carbonyl (C=O) groups is 1. The number of hydrogen-bond donors (Lipinski definition) is 0. The summed E-state index contributed by atoms with van der Waals surface area (Å²) in [7, 11) is 0. The molecular weight excluding hydrogens is 474 g/mol. The number of carbonyl (C=O) groups excluding carboxylic acids is 1. The van der Waals surface area contributed by atoms with E-state index in [1.54, 1.807) is 11.3 Å². The zero-order valence-corrected chi connectivity index (χ0v) is 22.0. The van der Waals surface area contributed by atoms with E-state index in [0.29, 0.717) is 19.5 Å². The molecule has 1 saturated carbocycles. The first-order valence-corrected chi connectivity index (χ1v) is 14.4. The van der Waals surface area contributed by atoms with Crippen LogP contribution in [0.25, 0.3) is 27.0 Å². The number of benzene rings is 3. The number of imidazole rings is 1. The fourth-order valence-electron chi connectivity index (χ4n) is 5.63. The summed E-state index contributed by atoms with van der Waals surface area (Å²) in [6.45, 7) is 1.39. The molecule has 2 heterocycles. The highest BCUT2D eigenvalue weighted by atomic mass is 32.1. The summed E-state index contributed by atoms with van der Waals surface area (Å²) in [4.78, 5) is 21.3. The lowest BCUT2D eigenvalue weighted by Crippen LogP contribution is -2.32. The van der Waals surface area contributed by atoms with Gasteiger partial charge in [0.25, 0.3) is 0 Å². The summed E-state index contributed by atoms with van der Waals surface area (Å²) >= 11 is 1.67. The van der Waals surface area contributed by atoms with Gasteiger partial charge in [-0.25, -0.2) is 4.98 Å². The maximum Gasteiger partial charge on any atom is 0.222 e. The predicted molar refractivity (Wildman–Crippen MR) is 153 cm³/mol. The van der Waals surface area contributed by atoms with Crippen molar-refractivity contribution in [2.45, 2.75) is 51.5 Å². The van der Waals surface area contributed by atoms with E-state index >= 15 is 0 Å². The Morgan fingerprint density at radius 2 is 1.76 bits per heavy atom. The molecule has 5 aromatic rings. The van der Waals surface area contributed by atoms with E-state index in [-0.39, 0.29) is 5.91 Å². The molecule has 0 radical (unpaired) electrons. The minimum absolute atomic E-state index is 0.282. The van der Waals surface area contributed by atoms with Gasteiger partial charge in [0.1, 0.15) is 0 Å². The first-order chi connectivity index (χ1) is 18.2. The van der Waals surface area contributed by atoms with Crippen LogP contribution in [0.4, 0.5) is 0 Å². The summed E-state index contributed by atoms with van der Waals surface area (Å²) < 4.78 is 2.21. The number of thiazole rings is 1. The molecule has 4 nitrogen and oxygen atoms in total. The standard InChI is InChI=1S/C32H33N3OS/c36-31(17-14-24-8-4-5-9-24)34(21-25-10-2-1-3-11-25)19-18-29-23-37-32-33-30(22-35(29)32)28-16-15-26-12-6-7-13-27(26)20-28/h1-3,6-7,10-13,15-16,20,22-24H,4-5,8-9,14,17-19,21H2. The minimum atomic E-state index is 0.282. The molecule has 0 unspecified atom stereocenters. The van der Waals surface area contributed by atoms with Crippen molar-refractivity contribution in [3.05, 3.63) is 95.6 Å². The largest absolute Gasteiger partial charge is 0.338 e. The Labute approximate surface area is 222 Å². The van der Waals surface area contributed by atoms with Gasteiger partial charge in [-0.05, 0) is 34.7 Å². The third kappa shape index (κ3) is 5.47. The fourth-order valence-corrected chi connectivity index (χ4v) is 6.53. The summed E-state index contributed by atoms with van der Waals surface area (Å²) in [6, 6.07) is 25.3. The average molecular weight is 508 g/mol. The van der Waals surface area contributed by atoms with Gasteiger partial charge in [0.15, 0.2) is 4.96 Å². The van der Waals surface area contributed by atoms with E-state index in [0.717, 1.165) is 35.0 Å². The molecule has 1 aliphatic rings. The zero-order valence-electron chi connectivity index (χ0n) is 21.2. The monoisotopic (exact) mass is 507 g/mol. The average Bonchev–Trinajstić information content (AvgIpc) is 3.69. The Morgan fingerprint density at radius 1 is 0.973 bits per heavy atom. The first kappa shape index (κ1) is 23.9. The van der Waals surface area contributed by atoms with Crippen LogP contribution in [0.5, 0.6) is 0 Å².